The van der Waals surface area contributed by atoms with Crippen LogP contribution in [0.15, 0.2) is 0 Å². The summed E-state index contributed by atoms with van der Waals surface area (Å²) < 4.78 is 69.6. The zero-order chi connectivity index (χ0) is 8.91. The summed E-state index contributed by atoms with van der Waals surface area (Å²) in [5.41, 5.74) is 0. The van der Waals surface area contributed by atoms with E-state index in [0.29, 0.717) is 0 Å². The third kappa shape index (κ3) is 0.924. The Hall–Kier alpha value is -0.370. The summed E-state index contributed by atoms with van der Waals surface area (Å²) in [4.78, 5) is 0. The topological polar surface area (TPSA) is 46.2 Å². The molecule has 0 unspecified atom stereocenters. The second kappa shape index (κ2) is 1.86. The van der Waals surface area contributed by atoms with Crippen LogP contribution >= 0.6 is 0 Å². The van der Waals surface area contributed by atoms with E-state index in [9.17, 15) is 26.0 Å². The third-order valence-corrected chi connectivity index (χ3v) is 2.75. The minimum Gasteiger partial charge on any atom is -0.206 e. The largest absolute Gasteiger partial charge is 0.421 e. The summed E-state index contributed by atoms with van der Waals surface area (Å²) in [5, 5.41) is -4.99. The first-order valence-electron chi connectivity index (χ1n) is 2.45. The first kappa shape index (κ1) is 8.72. The van der Waals surface area contributed by atoms with Crippen LogP contribution in [-0.4, -0.2) is 26.1 Å². The Morgan fingerprint density at radius 2 is 1.64 bits per heavy atom. The van der Waals surface area contributed by atoms with Gasteiger partial charge in [0, 0.05) is 0 Å². The van der Waals surface area contributed by atoms with Crippen LogP contribution in [0.4, 0.5) is 17.6 Å². The fourth-order valence-corrected chi connectivity index (χ4v) is 1.59. The second-order valence-corrected chi connectivity index (χ2v) is 3.85. The van der Waals surface area contributed by atoms with Crippen molar-refractivity contribution in [2.75, 3.05) is 6.54 Å². The van der Waals surface area contributed by atoms with E-state index < -0.39 is 27.7 Å². The van der Waals surface area contributed by atoms with Crippen molar-refractivity contribution in [2.24, 2.45) is 0 Å². The third-order valence-electron chi connectivity index (χ3n) is 1.25. The maximum Gasteiger partial charge on any atom is 0.421 e. The average Bonchev–Trinajstić information content (AvgIpc) is 1.93. The molecule has 0 spiro atoms. The summed E-state index contributed by atoms with van der Waals surface area (Å²) in [7, 11) is -5.17. The van der Waals surface area contributed by atoms with Crippen LogP contribution in [0.3, 0.4) is 0 Å². The van der Waals surface area contributed by atoms with Crippen molar-refractivity contribution in [1.29, 1.82) is 0 Å². The van der Waals surface area contributed by atoms with Crippen LogP contribution < -0.4 is 4.72 Å². The lowest BCUT2D eigenvalue weighted by molar-refractivity contribution is -0.139. The molecule has 11 heavy (non-hydrogen) atoms. The van der Waals surface area contributed by atoms with Gasteiger partial charge in [-0.25, -0.2) is 13.1 Å². The molecule has 0 radical (unpaired) electrons. The number of sulfonamides is 1. The summed E-state index contributed by atoms with van der Waals surface area (Å²) in [5.74, 6) is -4.51. The van der Waals surface area contributed by atoms with E-state index in [-0.39, 0.29) is 0 Å². The molecule has 1 heterocycles. The van der Waals surface area contributed by atoms with E-state index >= 15 is 0 Å². The van der Waals surface area contributed by atoms with Gasteiger partial charge in [-0.05, 0) is 0 Å². The minimum absolute atomic E-state index is 1.05. The molecular weight excluding hydrogens is 190 g/mol. The van der Waals surface area contributed by atoms with E-state index in [1.165, 1.54) is 0 Å². The van der Waals surface area contributed by atoms with E-state index in [1.807, 2.05) is 0 Å². The Bertz CT molecular complexity index is 271. The van der Waals surface area contributed by atoms with E-state index in [2.05, 4.69) is 0 Å². The van der Waals surface area contributed by atoms with Crippen molar-refractivity contribution >= 4 is 10.0 Å². The Morgan fingerprint density at radius 3 is 1.73 bits per heavy atom. The molecule has 1 aliphatic rings. The Morgan fingerprint density at radius 1 is 1.18 bits per heavy atom. The molecule has 1 aliphatic heterocycles. The highest BCUT2D eigenvalue weighted by Crippen LogP contribution is 2.41. The van der Waals surface area contributed by atoms with Gasteiger partial charge in [0.2, 0.25) is 0 Å². The van der Waals surface area contributed by atoms with Gasteiger partial charge in [0.1, 0.15) is 0 Å². The molecule has 1 rings (SSSR count). The Labute approximate surface area is 59.4 Å². The maximum atomic E-state index is 12.1. The number of halogens is 4. The van der Waals surface area contributed by atoms with Crippen LogP contribution in [0.2, 0.25) is 0 Å². The van der Waals surface area contributed by atoms with Crippen molar-refractivity contribution in [2.45, 2.75) is 11.2 Å². The fraction of sp³-hybridized carbons (Fsp3) is 1.00. The van der Waals surface area contributed by atoms with Gasteiger partial charge in [-0.1, -0.05) is 0 Å². The standard InChI is InChI=1S/C3H3F4NO2S/c4-2(5)1-8-11(9,10)3(2,6)7/h8H,1H2. The molecule has 1 saturated heterocycles. The predicted octanol–water partition coefficient (Wildman–Crippen LogP) is 0.148. The van der Waals surface area contributed by atoms with Gasteiger partial charge in [0.05, 0.1) is 6.54 Å². The monoisotopic (exact) mass is 193 g/mol. The molecule has 0 aromatic heterocycles. The molecule has 0 aromatic rings. The van der Waals surface area contributed by atoms with Crippen LogP contribution in [0.25, 0.3) is 0 Å². The van der Waals surface area contributed by atoms with Crippen molar-refractivity contribution in [3.8, 4) is 0 Å². The summed E-state index contributed by atoms with van der Waals surface area (Å²) >= 11 is 0. The van der Waals surface area contributed by atoms with Crippen molar-refractivity contribution in [3.05, 3.63) is 0 Å². The molecule has 0 amide bonds. The highest BCUT2D eigenvalue weighted by molar-refractivity contribution is 7.90. The van der Waals surface area contributed by atoms with Crippen LogP contribution in [0.5, 0.6) is 0 Å². The molecule has 0 atom stereocenters. The summed E-state index contributed by atoms with van der Waals surface area (Å²) in [6.07, 6.45) is 0. The highest BCUT2D eigenvalue weighted by Gasteiger charge is 2.70. The minimum atomic E-state index is -5.17. The summed E-state index contributed by atoms with van der Waals surface area (Å²) in [6.45, 7) is -1.54. The molecule has 8 heteroatoms. The lowest BCUT2D eigenvalue weighted by Gasteiger charge is -2.14. The molecule has 0 aliphatic carbocycles. The Kier molecular flexibility index (Phi) is 1.48. The first-order valence-corrected chi connectivity index (χ1v) is 3.94. The number of hydrogen-bond acceptors (Lipinski definition) is 2. The van der Waals surface area contributed by atoms with Gasteiger partial charge in [-0.3, -0.25) is 0 Å². The normalized spacial score (nSPS) is 32.0. The molecule has 1 N–H and O–H groups in total. The number of hydrogen-bond donors (Lipinski definition) is 1. The van der Waals surface area contributed by atoms with Crippen LogP contribution in [0.1, 0.15) is 0 Å². The Balaban J connectivity index is 3.21. The van der Waals surface area contributed by atoms with Gasteiger partial charge in [-0.15, -0.1) is 0 Å². The molecule has 3 nitrogen and oxygen atoms in total. The zero-order valence-corrected chi connectivity index (χ0v) is 5.76. The van der Waals surface area contributed by atoms with E-state index in [0.717, 1.165) is 4.72 Å². The lowest BCUT2D eigenvalue weighted by atomic mass is 10.3. The SMILES string of the molecule is O=S1(=O)NCC(F)(F)C1(F)F. The van der Waals surface area contributed by atoms with Gasteiger partial charge in [-0.2, -0.15) is 17.6 Å². The van der Waals surface area contributed by atoms with Crippen molar-refractivity contribution < 1.29 is 26.0 Å². The van der Waals surface area contributed by atoms with Gasteiger partial charge in [0.25, 0.3) is 10.0 Å². The number of rotatable bonds is 0. The molecular formula is C3H3F4NO2S. The molecule has 66 valence electrons. The van der Waals surface area contributed by atoms with E-state index in [4.69, 9.17) is 0 Å². The first-order chi connectivity index (χ1) is 4.71. The van der Waals surface area contributed by atoms with Crippen molar-refractivity contribution in [1.82, 2.24) is 4.72 Å². The van der Waals surface area contributed by atoms with Gasteiger partial charge in [0.15, 0.2) is 0 Å². The number of nitrogens with one attached hydrogen (secondary N) is 1. The zero-order valence-electron chi connectivity index (χ0n) is 4.94. The fourth-order valence-electron chi connectivity index (χ4n) is 0.576. The predicted molar refractivity (Wildman–Crippen MR) is 26.8 cm³/mol. The van der Waals surface area contributed by atoms with Crippen molar-refractivity contribution in [3.63, 3.8) is 0 Å². The highest BCUT2D eigenvalue weighted by atomic mass is 32.2. The average molecular weight is 193 g/mol. The number of alkyl halides is 4. The molecule has 0 aromatic carbocycles. The molecule has 0 bridgehead atoms. The quantitative estimate of drug-likeness (QED) is 0.556. The van der Waals surface area contributed by atoms with Crippen LogP contribution in [-0.2, 0) is 10.0 Å². The van der Waals surface area contributed by atoms with E-state index in [1.54, 1.807) is 0 Å². The maximum absolute atomic E-state index is 12.1. The molecule has 0 saturated carbocycles. The summed E-state index contributed by atoms with van der Waals surface area (Å²) in [6, 6.07) is 0. The second-order valence-electron chi connectivity index (χ2n) is 2.05. The smallest absolute Gasteiger partial charge is 0.206 e. The lowest BCUT2D eigenvalue weighted by Crippen LogP contribution is -2.41. The molecule has 1 fully saturated rings. The van der Waals surface area contributed by atoms with Gasteiger partial charge >= 0.3 is 11.2 Å². The van der Waals surface area contributed by atoms with Gasteiger partial charge < -0.3 is 0 Å². The van der Waals surface area contributed by atoms with Crippen LogP contribution in [0, 0.1) is 0 Å².